The summed E-state index contributed by atoms with van der Waals surface area (Å²) in [5.74, 6) is -6.77. The Morgan fingerprint density at radius 3 is 2.58 bits per heavy atom. The van der Waals surface area contributed by atoms with E-state index in [1.807, 2.05) is 0 Å². The molecule has 26 heavy (non-hydrogen) atoms. The summed E-state index contributed by atoms with van der Waals surface area (Å²) in [4.78, 5) is 12.3. The van der Waals surface area contributed by atoms with E-state index in [4.69, 9.17) is 9.47 Å². The average Bonchev–Trinajstić information content (AvgIpc) is 3.07. The minimum atomic E-state index is -3.64. The number of halogens is 4. The van der Waals surface area contributed by atoms with Crippen LogP contribution in [0.15, 0.2) is 18.2 Å². The molecule has 1 N–H and O–H groups in total. The number of carbonyl (C=O) groups is 1. The normalized spacial score (nSPS) is 23.0. The van der Waals surface area contributed by atoms with Gasteiger partial charge >= 0.3 is 5.92 Å². The van der Waals surface area contributed by atoms with Gasteiger partial charge in [0.1, 0.15) is 11.6 Å². The number of rotatable bonds is 5. The first-order chi connectivity index (χ1) is 12.3. The maximum atomic E-state index is 14.4. The van der Waals surface area contributed by atoms with Crippen molar-refractivity contribution in [1.82, 2.24) is 5.32 Å². The molecule has 144 valence electrons. The van der Waals surface area contributed by atoms with E-state index in [-0.39, 0.29) is 31.6 Å². The molecule has 4 nitrogen and oxygen atoms in total. The van der Waals surface area contributed by atoms with E-state index in [0.29, 0.717) is 25.5 Å². The van der Waals surface area contributed by atoms with Crippen LogP contribution in [0.2, 0.25) is 0 Å². The maximum Gasteiger partial charge on any atom is 0.327 e. The van der Waals surface area contributed by atoms with E-state index in [9.17, 15) is 22.4 Å². The van der Waals surface area contributed by atoms with Gasteiger partial charge in [0.15, 0.2) is 0 Å². The third-order valence-electron chi connectivity index (χ3n) is 4.99. The van der Waals surface area contributed by atoms with Gasteiger partial charge in [-0.15, -0.1) is 0 Å². The molecule has 1 aromatic rings. The Morgan fingerprint density at radius 2 is 1.96 bits per heavy atom. The van der Waals surface area contributed by atoms with E-state index in [0.717, 1.165) is 6.07 Å². The number of alkyl halides is 2. The number of ether oxygens (including phenoxy) is 2. The van der Waals surface area contributed by atoms with E-state index in [2.05, 4.69) is 5.32 Å². The lowest BCUT2D eigenvalue weighted by molar-refractivity contribution is -0.154. The second-order valence-corrected chi connectivity index (χ2v) is 6.82. The molecule has 0 aromatic heterocycles. The highest BCUT2D eigenvalue weighted by Crippen LogP contribution is 2.36. The number of carbonyl (C=O) groups excluding carboxylic acids is 1. The summed E-state index contributed by atoms with van der Waals surface area (Å²) in [6, 6.07) is 2.92. The van der Waals surface area contributed by atoms with Crippen molar-refractivity contribution in [3.63, 3.8) is 0 Å². The first-order valence-corrected chi connectivity index (χ1v) is 8.68. The van der Waals surface area contributed by atoms with Crippen molar-refractivity contribution in [3.8, 4) is 0 Å². The van der Waals surface area contributed by atoms with Crippen LogP contribution in [0.25, 0.3) is 0 Å². The van der Waals surface area contributed by atoms with Gasteiger partial charge in [0.2, 0.25) is 0 Å². The van der Waals surface area contributed by atoms with Gasteiger partial charge in [0.05, 0.1) is 11.6 Å². The zero-order valence-corrected chi connectivity index (χ0v) is 14.2. The molecule has 2 aliphatic heterocycles. The van der Waals surface area contributed by atoms with Crippen molar-refractivity contribution in [3.05, 3.63) is 35.4 Å². The van der Waals surface area contributed by atoms with Gasteiger partial charge in [-0.3, -0.25) is 4.79 Å². The van der Waals surface area contributed by atoms with Crippen LogP contribution < -0.4 is 5.32 Å². The summed E-state index contributed by atoms with van der Waals surface area (Å²) < 4.78 is 66.8. The van der Waals surface area contributed by atoms with Crippen LogP contribution in [-0.2, 0) is 19.8 Å². The molecule has 0 radical (unpaired) electrons. The van der Waals surface area contributed by atoms with Crippen LogP contribution >= 0.6 is 0 Å². The summed E-state index contributed by atoms with van der Waals surface area (Å²) in [7, 11) is 0. The molecule has 1 amide bonds. The number of benzene rings is 1. The molecule has 0 bridgehead atoms. The van der Waals surface area contributed by atoms with Crippen LogP contribution in [0.3, 0.4) is 0 Å². The minimum Gasteiger partial charge on any atom is -0.381 e. The van der Waals surface area contributed by atoms with Gasteiger partial charge in [-0.2, -0.15) is 8.78 Å². The summed E-state index contributed by atoms with van der Waals surface area (Å²) in [5, 5.41) is 2.34. The highest BCUT2D eigenvalue weighted by atomic mass is 19.3. The Labute approximate surface area is 148 Å². The molecule has 2 aliphatic rings. The Bertz CT molecular complexity index is 656. The molecule has 0 aliphatic carbocycles. The third kappa shape index (κ3) is 4.01. The zero-order valence-electron chi connectivity index (χ0n) is 14.2. The lowest BCUT2D eigenvalue weighted by Gasteiger charge is -2.39. The van der Waals surface area contributed by atoms with Crippen molar-refractivity contribution in [2.45, 2.75) is 49.7 Å². The van der Waals surface area contributed by atoms with Crippen LogP contribution in [-0.4, -0.2) is 37.8 Å². The van der Waals surface area contributed by atoms with Crippen LogP contribution in [0.4, 0.5) is 17.6 Å². The van der Waals surface area contributed by atoms with E-state index in [1.54, 1.807) is 0 Å². The van der Waals surface area contributed by atoms with Crippen molar-refractivity contribution < 1.29 is 31.8 Å². The topological polar surface area (TPSA) is 47.6 Å². The molecule has 1 unspecified atom stereocenters. The highest BCUT2D eigenvalue weighted by molar-refractivity contribution is 5.84. The van der Waals surface area contributed by atoms with Crippen molar-refractivity contribution in [2.75, 3.05) is 19.8 Å². The first kappa shape index (κ1) is 19.1. The lowest BCUT2D eigenvalue weighted by Crippen LogP contribution is -2.55. The van der Waals surface area contributed by atoms with Gasteiger partial charge in [-0.1, -0.05) is 6.07 Å². The standard InChI is InChI=1S/C18H21F4NO3/c19-12-3-4-14(15(20)10-12)17(5-8-25-9-6-17)23-16(24)18(21,22)11-13-2-1-7-26-13/h3-4,10,13H,1-2,5-9,11H2,(H,23,24). The minimum absolute atomic E-state index is 0.0107. The molecular formula is C18H21F4NO3. The van der Waals surface area contributed by atoms with E-state index < -0.39 is 41.5 Å². The summed E-state index contributed by atoms with van der Waals surface area (Å²) in [6.07, 6.45) is 0.0362. The Morgan fingerprint density at radius 1 is 1.23 bits per heavy atom. The third-order valence-corrected chi connectivity index (χ3v) is 4.99. The first-order valence-electron chi connectivity index (χ1n) is 8.68. The Hall–Kier alpha value is -1.67. The molecule has 8 heteroatoms. The summed E-state index contributed by atoms with van der Waals surface area (Å²) in [6.45, 7) is 0.757. The molecule has 1 atom stereocenters. The molecule has 3 rings (SSSR count). The molecule has 2 heterocycles. The molecule has 1 aromatic carbocycles. The van der Waals surface area contributed by atoms with Crippen LogP contribution in [0, 0.1) is 11.6 Å². The largest absolute Gasteiger partial charge is 0.381 e. The predicted molar refractivity (Wildman–Crippen MR) is 84.8 cm³/mol. The van der Waals surface area contributed by atoms with Gasteiger partial charge in [0.25, 0.3) is 5.91 Å². The second-order valence-electron chi connectivity index (χ2n) is 6.82. The smallest absolute Gasteiger partial charge is 0.327 e. The van der Waals surface area contributed by atoms with E-state index >= 15 is 0 Å². The second kappa shape index (κ2) is 7.52. The summed E-state index contributed by atoms with van der Waals surface area (Å²) in [5.41, 5.74) is -1.36. The molecular weight excluding hydrogens is 354 g/mol. The number of hydrogen-bond acceptors (Lipinski definition) is 3. The molecule has 2 saturated heterocycles. The van der Waals surface area contributed by atoms with E-state index in [1.165, 1.54) is 6.07 Å². The van der Waals surface area contributed by atoms with Gasteiger partial charge in [-0.25, -0.2) is 8.78 Å². The average molecular weight is 375 g/mol. The molecule has 0 spiro atoms. The maximum absolute atomic E-state index is 14.4. The SMILES string of the molecule is O=C(NC1(c2ccc(F)cc2F)CCOCC1)C(F)(F)CC1CCCO1. The molecule has 0 saturated carbocycles. The predicted octanol–water partition coefficient (Wildman–Crippen LogP) is 3.29. The van der Waals surface area contributed by atoms with Gasteiger partial charge in [0, 0.05) is 37.9 Å². The molecule has 2 fully saturated rings. The zero-order chi connectivity index (χ0) is 18.8. The van der Waals surface area contributed by atoms with Crippen molar-refractivity contribution in [1.29, 1.82) is 0 Å². The van der Waals surface area contributed by atoms with Crippen LogP contribution in [0.5, 0.6) is 0 Å². The van der Waals surface area contributed by atoms with Crippen molar-refractivity contribution in [2.24, 2.45) is 0 Å². The van der Waals surface area contributed by atoms with Gasteiger partial charge < -0.3 is 14.8 Å². The van der Waals surface area contributed by atoms with Crippen LogP contribution in [0.1, 0.15) is 37.7 Å². The lowest BCUT2D eigenvalue weighted by atomic mass is 9.82. The highest BCUT2D eigenvalue weighted by Gasteiger charge is 2.47. The fraction of sp³-hybridized carbons (Fsp3) is 0.611. The number of amides is 1. The number of hydrogen-bond donors (Lipinski definition) is 1. The quantitative estimate of drug-likeness (QED) is 0.804. The number of nitrogens with one attached hydrogen (secondary N) is 1. The summed E-state index contributed by atoms with van der Waals surface area (Å²) >= 11 is 0. The van der Waals surface area contributed by atoms with Gasteiger partial charge in [-0.05, 0) is 31.7 Å². The van der Waals surface area contributed by atoms with Crippen molar-refractivity contribution >= 4 is 5.91 Å². The monoisotopic (exact) mass is 375 g/mol. The fourth-order valence-electron chi connectivity index (χ4n) is 3.55. The fourth-order valence-corrected chi connectivity index (χ4v) is 3.55. The Balaban J connectivity index is 1.82. The Kier molecular flexibility index (Phi) is 5.53.